The van der Waals surface area contributed by atoms with Crippen molar-refractivity contribution in [3.05, 3.63) is 135 Å². The van der Waals surface area contributed by atoms with Gasteiger partial charge < -0.3 is 4.90 Å². The van der Waals surface area contributed by atoms with Gasteiger partial charge in [-0.3, -0.25) is 0 Å². The van der Waals surface area contributed by atoms with Crippen LogP contribution >= 0.6 is 0 Å². The minimum atomic E-state index is 0.477. The summed E-state index contributed by atoms with van der Waals surface area (Å²) in [7, 11) is 0. The van der Waals surface area contributed by atoms with Gasteiger partial charge >= 0.3 is 0 Å². The van der Waals surface area contributed by atoms with Crippen molar-refractivity contribution in [1.29, 1.82) is 0 Å². The van der Waals surface area contributed by atoms with E-state index in [1.54, 1.807) is 0 Å². The largest absolute Gasteiger partial charge is 0.340 e. The normalized spacial score (nSPS) is 19.0. The maximum absolute atomic E-state index is 4.27. The Morgan fingerprint density at radius 3 is 1.42 bits per heavy atom. The molecule has 43 heavy (non-hydrogen) atoms. The average Bonchev–Trinajstić information content (AvgIpc) is 3.47. The van der Waals surface area contributed by atoms with Gasteiger partial charge in [-0.1, -0.05) is 109 Å². The Bertz CT molecular complexity index is 2160. The maximum atomic E-state index is 4.27. The summed E-state index contributed by atoms with van der Waals surface area (Å²) in [4.78, 5) is 2.64. The molecule has 0 heterocycles. The molecule has 3 atom stereocenters. The zero-order chi connectivity index (χ0) is 28.7. The molecule has 0 amide bonds. The van der Waals surface area contributed by atoms with Gasteiger partial charge in [0.2, 0.25) is 0 Å². The number of allylic oxidation sites excluding steroid dienone is 2. The monoisotopic (exact) mass is 551 g/mol. The van der Waals surface area contributed by atoms with Crippen molar-refractivity contribution in [2.75, 3.05) is 11.4 Å². The fourth-order valence-corrected chi connectivity index (χ4v) is 8.36. The van der Waals surface area contributed by atoms with Crippen LogP contribution in [0.5, 0.6) is 0 Å². The number of anilines is 2. The predicted molar refractivity (Wildman–Crippen MR) is 187 cm³/mol. The summed E-state index contributed by atoms with van der Waals surface area (Å²) in [6.07, 6.45) is 6.64. The van der Waals surface area contributed by atoms with Crippen LogP contribution in [-0.4, -0.2) is 6.54 Å². The van der Waals surface area contributed by atoms with E-state index in [4.69, 9.17) is 0 Å². The number of hydrogen-bond donors (Lipinski definition) is 0. The summed E-state index contributed by atoms with van der Waals surface area (Å²) >= 11 is 0. The van der Waals surface area contributed by atoms with Crippen molar-refractivity contribution in [1.82, 2.24) is 0 Å². The van der Waals surface area contributed by atoms with Crippen LogP contribution in [0.1, 0.15) is 12.8 Å². The third kappa shape index (κ3) is 3.58. The molecule has 0 aromatic heterocycles. The van der Waals surface area contributed by atoms with Gasteiger partial charge in [-0.05, 0) is 96.6 Å². The van der Waals surface area contributed by atoms with Gasteiger partial charge in [0.25, 0.3) is 0 Å². The van der Waals surface area contributed by atoms with Crippen molar-refractivity contribution >= 4 is 76.0 Å². The fourth-order valence-electron chi connectivity index (χ4n) is 8.36. The number of hydrogen-bond acceptors (Lipinski definition) is 1. The van der Waals surface area contributed by atoms with Gasteiger partial charge in [-0.2, -0.15) is 0 Å². The molecule has 0 saturated heterocycles. The van der Waals surface area contributed by atoms with Crippen molar-refractivity contribution in [3.63, 3.8) is 0 Å². The van der Waals surface area contributed by atoms with Gasteiger partial charge in [-0.25, -0.2) is 0 Å². The molecule has 1 fully saturated rings. The standard InChI is InChI=1S/C42H33N/c1-3-26-23-27(4-2)34(24-26)25-43(37-21-17-32-13-11-28-7-5-9-30-15-19-35(37)41(32)39(28)30)38-22-18-33-14-12-29-8-6-10-31-16-20-36(38)42(33)40(29)31/h3-22,26-27,34H,1-2,23-25H2. The smallest absolute Gasteiger partial charge is 0.0491 e. The van der Waals surface area contributed by atoms with E-state index < -0.39 is 0 Å². The van der Waals surface area contributed by atoms with Crippen LogP contribution in [0.25, 0.3) is 64.6 Å². The Labute approximate surface area is 252 Å². The molecule has 1 aliphatic carbocycles. The second kappa shape index (κ2) is 9.31. The fraction of sp³-hybridized carbons (Fsp3) is 0.143. The number of nitrogens with zero attached hydrogens (tertiary/aromatic N) is 1. The summed E-state index contributed by atoms with van der Waals surface area (Å²) in [6, 6.07) is 41.2. The second-order valence-corrected chi connectivity index (χ2v) is 12.6. The second-order valence-electron chi connectivity index (χ2n) is 12.6. The third-order valence-electron chi connectivity index (χ3n) is 10.4. The molecular formula is C42H33N. The van der Waals surface area contributed by atoms with Crippen LogP contribution in [0.2, 0.25) is 0 Å². The zero-order valence-corrected chi connectivity index (χ0v) is 24.3. The van der Waals surface area contributed by atoms with E-state index in [0.717, 1.165) is 19.4 Å². The van der Waals surface area contributed by atoms with E-state index >= 15 is 0 Å². The van der Waals surface area contributed by atoms with Crippen LogP contribution in [0.4, 0.5) is 11.4 Å². The predicted octanol–water partition coefficient (Wildman–Crippen LogP) is 11.6. The summed E-state index contributed by atoms with van der Waals surface area (Å²) in [6.45, 7) is 9.38. The molecule has 1 heteroatoms. The number of rotatable bonds is 6. The van der Waals surface area contributed by atoms with E-state index in [1.165, 1.54) is 76.0 Å². The average molecular weight is 552 g/mol. The van der Waals surface area contributed by atoms with Crippen molar-refractivity contribution in [3.8, 4) is 0 Å². The lowest BCUT2D eigenvalue weighted by Gasteiger charge is -2.32. The molecule has 206 valence electrons. The SMILES string of the molecule is C=CC1CC(C=C)C(CN(c2ccc3ccc4cccc5ccc2c3c45)c2ccc3ccc4cccc5ccc2c3c45)C1. The maximum Gasteiger partial charge on any atom is 0.0491 e. The lowest BCUT2D eigenvalue weighted by molar-refractivity contribution is 0.466. The topological polar surface area (TPSA) is 3.24 Å². The van der Waals surface area contributed by atoms with Gasteiger partial charge in [0.1, 0.15) is 0 Å². The van der Waals surface area contributed by atoms with Crippen LogP contribution in [0.15, 0.2) is 135 Å². The molecule has 9 rings (SSSR count). The molecule has 1 aliphatic rings. The number of benzene rings is 8. The highest BCUT2D eigenvalue weighted by Gasteiger charge is 2.33. The Hall–Kier alpha value is -4.88. The molecule has 0 spiro atoms. The molecular weight excluding hydrogens is 518 g/mol. The van der Waals surface area contributed by atoms with Crippen molar-refractivity contribution < 1.29 is 0 Å². The molecule has 1 saturated carbocycles. The molecule has 0 radical (unpaired) electrons. The summed E-state index contributed by atoms with van der Waals surface area (Å²) < 4.78 is 0. The quantitative estimate of drug-likeness (QED) is 0.147. The Morgan fingerprint density at radius 2 is 0.953 bits per heavy atom. The van der Waals surface area contributed by atoms with Gasteiger partial charge in [0.15, 0.2) is 0 Å². The molecule has 8 aromatic carbocycles. The molecule has 0 aliphatic heterocycles. The first kappa shape index (κ1) is 24.7. The molecule has 0 N–H and O–H groups in total. The van der Waals surface area contributed by atoms with E-state index in [2.05, 4.69) is 139 Å². The van der Waals surface area contributed by atoms with E-state index in [-0.39, 0.29) is 0 Å². The van der Waals surface area contributed by atoms with E-state index in [9.17, 15) is 0 Å². The Balaban J connectivity index is 1.34. The first-order valence-electron chi connectivity index (χ1n) is 15.6. The lowest BCUT2D eigenvalue weighted by Crippen LogP contribution is -2.27. The Morgan fingerprint density at radius 1 is 0.512 bits per heavy atom. The van der Waals surface area contributed by atoms with Crippen LogP contribution in [-0.2, 0) is 0 Å². The van der Waals surface area contributed by atoms with Crippen molar-refractivity contribution in [2.45, 2.75) is 12.8 Å². The highest BCUT2D eigenvalue weighted by Crippen LogP contribution is 2.47. The first-order valence-corrected chi connectivity index (χ1v) is 15.6. The zero-order valence-electron chi connectivity index (χ0n) is 24.3. The molecule has 3 unspecified atom stereocenters. The molecule has 0 bridgehead atoms. The van der Waals surface area contributed by atoms with Gasteiger partial charge in [-0.15, -0.1) is 13.2 Å². The van der Waals surface area contributed by atoms with Gasteiger partial charge in [0.05, 0.1) is 0 Å². The lowest BCUT2D eigenvalue weighted by atomic mass is 9.90. The highest BCUT2D eigenvalue weighted by atomic mass is 15.1. The van der Waals surface area contributed by atoms with Crippen molar-refractivity contribution in [2.24, 2.45) is 17.8 Å². The highest BCUT2D eigenvalue weighted by molar-refractivity contribution is 6.27. The molecule has 8 aromatic rings. The van der Waals surface area contributed by atoms with E-state index in [0.29, 0.717) is 17.8 Å². The molecule has 1 nitrogen and oxygen atoms in total. The van der Waals surface area contributed by atoms with E-state index in [1.807, 2.05) is 0 Å². The summed E-state index contributed by atoms with van der Waals surface area (Å²) in [5, 5.41) is 15.9. The van der Waals surface area contributed by atoms with Crippen LogP contribution in [0, 0.1) is 17.8 Å². The van der Waals surface area contributed by atoms with Crippen LogP contribution < -0.4 is 4.90 Å². The summed E-state index contributed by atoms with van der Waals surface area (Å²) in [5.74, 6) is 1.51. The minimum absolute atomic E-state index is 0.477. The van der Waals surface area contributed by atoms with Crippen LogP contribution in [0.3, 0.4) is 0 Å². The summed E-state index contributed by atoms with van der Waals surface area (Å²) in [5.41, 5.74) is 2.57. The first-order chi connectivity index (χ1) is 21.2. The minimum Gasteiger partial charge on any atom is -0.340 e. The Kier molecular flexibility index (Phi) is 5.35. The van der Waals surface area contributed by atoms with Gasteiger partial charge in [0, 0.05) is 28.7 Å². The third-order valence-corrected chi connectivity index (χ3v) is 10.4.